The van der Waals surface area contributed by atoms with E-state index in [1.165, 1.54) is 6.20 Å². The summed E-state index contributed by atoms with van der Waals surface area (Å²) in [5, 5.41) is 14.7. The van der Waals surface area contributed by atoms with Gasteiger partial charge in [-0.1, -0.05) is 5.16 Å². The summed E-state index contributed by atoms with van der Waals surface area (Å²) in [7, 11) is 0. The summed E-state index contributed by atoms with van der Waals surface area (Å²) in [5.74, 6) is -0.247. The van der Waals surface area contributed by atoms with Gasteiger partial charge in [0.2, 0.25) is 0 Å². The second kappa shape index (κ2) is 4.30. The molecule has 1 aromatic heterocycles. The van der Waals surface area contributed by atoms with Gasteiger partial charge in [0, 0.05) is 18.3 Å². The predicted molar refractivity (Wildman–Crippen MR) is 44.9 cm³/mol. The van der Waals surface area contributed by atoms with Gasteiger partial charge in [0.05, 0.1) is 6.54 Å². The third-order valence-electron chi connectivity index (χ3n) is 1.30. The monoisotopic (exact) mass is 182 g/mol. The van der Waals surface area contributed by atoms with Crippen molar-refractivity contribution in [1.29, 1.82) is 0 Å². The van der Waals surface area contributed by atoms with Gasteiger partial charge in [-0.3, -0.25) is 0 Å². The van der Waals surface area contributed by atoms with E-state index in [1.807, 2.05) is 0 Å². The summed E-state index contributed by atoms with van der Waals surface area (Å²) >= 11 is 0. The summed E-state index contributed by atoms with van der Waals surface area (Å²) in [5.41, 5.74) is 0.743. The quantitative estimate of drug-likeness (QED) is 0.669. The molecule has 0 unspecified atom stereocenters. The maximum atomic E-state index is 10.1. The molecule has 1 rings (SSSR count). The topological polar surface area (TPSA) is 75.4 Å². The number of hydrogen-bond donors (Lipinski definition) is 2. The van der Waals surface area contributed by atoms with E-state index < -0.39 is 5.97 Å². The van der Waals surface area contributed by atoms with E-state index in [4.69, 9.17) is 9.63 Å². The van der Waals surface area contributed by atoms with Crippen LogP contribution in [-0.2, 0) is 11.3 Å². The van der Waals surface area contributed by atoms with Gasteiger partial charge in [-0.25, -0.2) is 4.79 Å². The fourth-order valence-corrected chi connectivity index (χ4v) is 0.795. The second-order valence-electron chi connectivity index (χ2n) is 2.48. The minimum absolute atomic E-state index is 0.459. The number of aliphatic carboxylic acids is 1. The summed E-state index contributed by atoms with van der Waals surface area (Å²) < 4.78 is 4.81. The predicted octanol–water partition coefficient (Wildman–Crippen LogP) is 0.671. The molecule has 0 aliphatic rings. The molecule has 1 aromatic rings. The first-order chi connectivity index (χ1) is 6.18. The average molecular weight is 182 g/mol. The number of rotatable bonds is 4. The van der Waals surface area contributed by atoms with Gasteiger partial charge >= 0.3 is 5.97 Å². The highest BCUT2D eigenvalue weighted by Gasteiger charge is 1.96. The molecule has 0 aliphatic heterocycles. The number of carbonyl (C=O) groups is 1. The molecule has 0 amide bonds. The molecule has 0 bridgehead atoms. The number of carboxylic acid groups (broad SMARTS) is 1. The van der Waals surface area contributed by atoms with Crippen LogP contribution in [0.5, 0.6) is 0 Å². The van der Waals surface area contributed by atoms with Crippen LogP contribution in [0.1, 0.15) is 11.5 Å². The molecule has 2 N–H and O–H groups in total. The fraction of sp³-hybridized carbons (Fsp3) is 0.250. The third kappa shape index (κ3) is 3.42. The van der Waals surface area contributed by atoms with Crippen molar-refractivity contribution < 1.29 is 14.4 Å². The molecule has 70 valence electrons. The molecule has 5 heteroatoms. The van der Waals surface area contributed by atoms with Crippen LogP contribution in [-0.4, -0.2) is 16.2 Å². The van der Waals surface area contributed by atoms with Gasteiger partial charge in [0.1, 0.15) is 11.5 Å². The number of aryl methyl sites for hydroxylation is 1. The van der Waals surface area contributed by atoms with Crippen LogP contribution in [0, 0.1) is 6.92 Å². The minimum atomic E-state index is -0.983. The number of aromatic nitrogens is 1. The van der Waals surface area contributed by atoms with E-state index >= 15 is 0 Å². The summed E-state index contributed by atoms with van der Waals surface area (Å²) in [4.78, 5) is 10.1. The Bertz CT molecular complexity index is 317. The smallest absolute Gasteiger partial charge is 0.329 e. The van der Waals surface area contributed by atoms with Crippen LogP contribution in [0.15, 0.2) is 22.9 Å². The Balaban J connectivity index is 2.31. The van der Waals surface area contributed by atoms with Crippen molar-refractivity contribution in [2.45, 2.75) is 13.5 Å². The minimum Gasteiger partial charge on any atom is -0.478 e. The summed E-state index contributed by atoms with van der Waals surface area (Å²) in [6.07, 6.45) is 2.37. The number of nitrogens with one attached hydrogen (secondary N) is 1. The average Bonchev–Trinajstić information content (AvgIpc) is 2.45. The van der Waals surface area contributed by atoms with Gasteiger partial charge < -0.3 is 14.9 Å². The van der Waals surface area contributed by atoms with Gasteiger partial charge in [-0.15, -0.1) is 0 Å². The zero-order valence-corrected chi connectivity index (χ0v) is 7.15. The lowest BCUT2D eigenvalue weighted by Gasteiger charge is -1.92. The highest BCUT2D eigenvalue weighted by molar-refractivity contribution is 5.79. The molecule has 0 aliphatic carbocycles. The molecular weight excluding hydrogens is 172 g/mol. The van der Waals surface area contributed by atoms with Crippen molar-refractivity contribution in [3.63, 3.8) is 0 Å². The third-order valence-corrected chi connectivity index (χ3v) is 1.30. The Labute approximate surface area is 75.0 Å². The van der Waals surface area contributed by atoms with E-state index in [1.54, 1.807) is 13.0 Å². The van der Waals surface area contributed by atoms with Crippen LogP contribution >= 0.6 is 0 Å². The van der Waals surface area contributed by atoms with E-state index in [9.17, 15) is 4.79 Å². The standard InChI is InChI=1S/C8H10N2O3/c1-6-4-7(10-13-6)5-9-3-2-8(11)12/h2-4,9H,5H2,1H3,(H,11,12)/b3-2+. The van der Waals surface area contributed by atoms with Gasteiger partial charge in [-0.05, 0) is 6.92 Å². The zero-order valence-electron chi connectivity index (χ0n) is 7.15. The lowest BCUT2D eigenvalue weighted by molar-refractivity contribution is -0.131. The molecule has 0 aromatic carbocycles. The van der Waals surface area contributed by atoms with Crippen molar-refractivity contribution >= 4 is 5.97 Å². The molecule has 0 radical (unpaired) electrons. The Morgan fingerprint density at radius 1 is 1.85 bits per heavy atom. The van der Waals surface area contributed by atoms with E-state index in [2.05, 4.69) is 10.5 Å². The Morgan fingerprint density at radius 3 is 3.15 bits per heavy atom. The van der Waals surface area contributed by atoms with Crippen LogP contribution in [0.25, 0.3) is 0 Å². The lowest BCUT2D eigenvalue weighted by atomic mass is 10.4. The molecule has 13 heavy (non-hydrogen) atoms. The number of carboxylic acids is 1. The van der Waals surface area contributed by atoms with Crippen molar-refractivity contribution in [2.24, 2.45) is 0 Å². The highest BCUT2D eigenvalue weighted by atomic mass is 16.5. The van der Waals surface area contributed by atoms with E-state index in [0.717, 1.165) is 17.5 Å². The van der Waals surface area contributed by atoms with Crippen LogP contribution in [0.4, 0.5) is 0 Å². The Kier molecular flexibility index (Phi) is 3.08. The van der Waals surface area contributed by atoms with Crippen molar-refractivity contribution in [3.05, 3.63) is 29.8 Å². The van der Waals surface area contributed by atoms with Gasteiger partial charge in [0.15, 0.2) is 0 Å². The summed E-state index contributed by atoms with van der Waals surface area (Å²) in [6.45, 7) is 2.25. The second-order valence-corrected chi connectivity index (χ2v) is 2.48. The first-order valence-corrected chi connectivity index (χ1v) is 3.73. The van der Waals surface area contributed by atoms with Gasteiger partial charge in [-0.2, -0.15) is 0 Å². The molecule has 5 nitrogen and oxygen atoms in total. The summed E-state index contributed by atoms with van der Waals surface area (Å²) in [6, 6.07) is 1.78. The number of hydrogen-bond acceptors (Lipinski definition) is 4. The van der Waals surface area contributed by atoms with Crippen molar-refractivity contribution in [1.82, 2.24) is 10.5 Å². The molecule has 0 saturated heterocycles. The molecule has 1 heterocycles. The molecule has 0 atom stereocenters. The zero-order chi connectivity index (χ0) is 9.68. The molecule has 0 fully saturated rings. The molecule has 0 saturated carbocycles. The SMILES string of the molecule is Cc1cc(CN/C=C/C(=O)O)no1. The number of nitrogens with zero attached hydrogens (tertiary/aromatic N) is 1. The van der Waals surface area contributed by atoms with Crippen molar-refractivity contribution in [2.75, 3.05) is 0 Å². The van der Waals surface area contributed by atoms with Crippen LogP contribution in [0.2, 0.25) is 0 Å². The van der Waals surface area contributed by atoms with Crippen molar-refractivity contribution in [3.8, 4) is 0 Å². The largest absolute Gasteiger partial charge is 0.478 e. The highest BCUT2D eigenvalue weighted by Crippen LogP contribution is 2.00. The Hall–Kier alpha value is -1.78. The van der Waals surface area contributed by atoms with Crippen LogP contribution in [0.3, 0.4) is 0 Å². The fourth-order valence-electron chi connectivity index (χ4n) is 0.795. The molecular formula is C8H10N2O3. The first kappa shape index (κ1) is 9.31. The van der Waals surface area contributed by atoms with E-state index in [0.29, 0.717) is 6.54 Å². The van der Waals surface area contributed by atoms with E-state index in [-0.39, 0.29) is 0 Å². The van der Waals surface area contributed by atoms with Gasteiger partial charge in [0.25, 0.3) is 0 Å². The molecule has 0 spiro atoms. The maximum absolute atomic E-state index is 10.1. The Morgan fingerprint density at radius 2 is 2.62 bits per heavy atom. The first-order valence-electron chi connectivity index (χ1n) is 3.73. The van der Waals surface area contributed by atoms with Crippen LogP contribution < -0.4 is 5.32 Å². The normalized spacial score (nSPS) is 10.5. The lowest BCUT2D eigenvalue weighted by Crippen LogP contribution is -2.05. The maximum Gasteiger partial charge on any atom is 0.329 e.